The summed E-state index contributed by atoms with van der Waals surface area (Å²) in [5.41, 5.74) is 3.35. The number of pyridine rings is 1. The maximum Gasteiger partial charge on any atom is 0.213 e. The summed E-state index contributed by atoms with van der Waals surface area (Å²) in [6, 6.07) is 6.36. The predicted molar refractivity (Wildman–Crippen MR) is 105 cm³/mol. The summed E-state index contributed by atoms with van der Waals surface area (Å²) >= 11 is 1.74. The Balaban J connectivity index is 1.49. The van der Waals surface area contributed by atoms with Gasteiger partial charge in [-0.3, -0.25) is 4.90 Å². The Bertz CT molecular complexity index is 912. The molecule has 1 aliphatic heterocycles. The van der Waals surface area contributed by atoms with Gasteiger partial charge in [0.25, 0.3) is 0 Å². The molecule has 7 heteroatoms. The van der Waals surface area contributed by atoms with Crippen LogP contribution in [0, 0.1) is 6.92 Å². The van der Waals surface area contributed by atoms with Gasteiger partial charge < -0.3 is 9.64 Å². The molecule has 0 aromatic carbocycles. The number of fused-ring (bicyclic) bond motifs is 1. The van der Waals surface area contributed by atoms with Crippen LogP contribution in [0.2, 0.25) is 0 Å². The fraction of sp³-hybridized carbons (Fsp3) is 0.421. The number of aromatic nitrogens is 3. The predicted octanol–water partition coefficient (Wildman–Crippen LogP) is 3.11. The molecule has 0 aliphatic carbocycles. The van der Waals surface area contributed by atoms with Crippen molar-refractivity contribution < 1.29 is 4.74 Å². The van der Waals surface area contributed by atoms with Crippen LogP contribution in [0.1, 0.15) is 18.2 Å². The van der Waals surface area contributed by atoms with Crippen molar-refractivity contribution in [3.8, 4) is 5.88 Å². The van der Waals surface area contributed by atoms with Gasteiger partial charge in [0.2, 0.25) is 5.88 Å². The fourth-order valence-corrected chi connectivity index (χ4v) is 4.49. The molecule has 6 nitrogen and oxygen atoms in total. The molecule has 1 saturated heterocycles. The first-order chi connectivity index (χ1) is 12.7. The first-order valence-corrected chi connectivity index (χ1v) is 9.71. The molecule has 0 bridgehead atoms. The van der Waals surface area contributed by atoms with E-state index in [1.54, 1.807) is 24.8 Å². The molecule has 3 aromatic rings. The first kappa shape index (κ1) is 17.2. The number of hydrogen-bond acceptors (Lipinski definition) is 7. The minimum Gasteiger partial charge on any atom is -0.481 e. The first-order valence-electron chi connectivity index (χ1n) is 8.83. The number of hydrogen-bond donors (Lipinski definition) is 0. The molecular weight excluding hydrogens is 346 g/mol. The topological polar surface area (TPSA) is 54.4 Å². The minimum absolute atomic E-state index is 0.419. The van der Waals surface area contributed by atoms with Crippen LogP contribution in [0.3, 0.4) is 0 Å². The lowest BCUT2D eigenvalue weighted by Crippen LogP contribution is -2.51. The SMILES string of the molecule is COc1cccc(CN2CCN(c3ncnc4c(C)csc34)CC2C)n1. The minimum atomic E-state index is 0.419. The maximum absolute atomic E-state index is 5.24. The Labute approximate surface area is 157 Å². The highest BCUT2D eigenvalue weighted by Gasteiger charge is 2.26. The molecule has 4 rings (SSSR count). The summed E-state index contributed by atoms with van der Waals surface area (Å²) in [5.74, 6) is 1.74. The van der Waals surface area contributed by atoms with Crippen molar-refractivity contribution in [1.82, 2.24) is 19.9 Å². The lowest BCUT2D eigenvalue weighted by molar-refractivity contribution is 0.178. The van der Waals surface area contributed by atoms with Gasteiger partial charge in [-0.2, -0.15) is 0 Å². The standard InChI is InChI=1S/C19H23N5OS/c1-13-11-26-18-17(13)20-12-21-19(18)24-8-7-23(14(2)9-24)10-15-5-4-6-16(22-15)25-3/h4-6,11-12,14H,7-10H2,1-3H3. The van der Waals surface area contributed by atoms with Crippen LogP contribution in [0.4, 0.5) is 5.82 Å². The third-order valence-corrected chi connectivity index (χ3v) is 6.02. The van der Waals surface area contributed by atoms with E-state index in [-0.39, 0.29) is 0 Å². The Morgan fingerprint density at radius 2 is 2.15 bits per heavy atom. The second kappa shape index (κ2) is 7.17. The normalized spacial score (nSPS) is 18.4. The van der Waals surface area contributed by atoms with Crippen LogP contribution < -0.4 is 9.64 Å². The number of aryl methyl sites for hydroxylation is 1. The smallest absolute Gasteiger partial charge is 0.213 e. The molecule has 136 valence electrons. The molecule has 0 amide bonds. The number of anilines is 1. The largest absolute Gasteiger partial charge is 0.481 e. The fourth-order valence-electron chi connectivity index (χ4n) is 3.47. The van der Waals surface area contributed by atoms with Crippen LogP contribution in [-0.2, 0) is 6.54 Å². The van der Waals surface area contributed by atoms with Gasteiger partial charge in [-0.25, -0.2) is 15.0 Å². The highest BCUT2D eigenvalue weighted by atomic mass is 32.1. The van der Waals surface area contributed by atoms with Crippen molar-refractivity contribution >= 4 is 27.4 Å². The lowest BCUT2D eigenvalue weighted by atomic mass is 10.1. The molecule has 1 unspecified atom stereocenters. The van der Waals surface area contributed by atoms with Gasteiger partial charge in [-0.1, -0.05) is 6.07 Å². The van der Waals surface area contributed by atoms with Gasteiger partial charge in [0.15, 0.2) is 0 Å². The molecule has 1 aliphatic rings. The number of rotatable bonds is 4. The van der Waals surface area contributed by atoms with E-state index in [0.717, 1.165) is 43.2 Å². The molecule has 1 fully saturated rings. The van der Waals surface area contributed by atoms with E-state index in [4.69, 9.17) is 4.74 Å². The molecule has 4 heterocycles. The number of thiophene rings is 1. The van der Waals surface area contributed by atoms with Gasteiger partial charge in [-0.05, 0) is 30.9 Å². The van der Waals surface area contributed by atoms with Crippen LogP contribution in [-0.4, -0.2) is 52.6 Å². The van der Waals surface area contributed by atoms with Crippen molar-refractivity contribution in [3.05, 3.63) is 41.2 Å². The van der Waals surface area contributed by atoms with Crippen molar-refractivity contribution in [2.75, 3.05) is 31.6 Å². The van der Waals surface area contributed by atoms with E-state index in [1.807, 2.05) is 12.1 Å². The van der Waals surface area contributed by atoms with Crippen LogP contribution in [0.15, 0.2) is 29.9 Å². The number of piperazine rings is 1. The zero-order valence-corrected chi connectivity index (χ0v) is 16.2. The summed E-state index contributed by atoms with van der Waals surface area (Å²) in [6.45, 7) is 8.10. The van der Waals surface area contributed by atoms with E-state index in [9.17, 15) is 0 Å². The van der Waals surface area contributed by atoms with Crippen LogP contribution in [0.5, 0.6) is 5.88 Å². The zero-order chi connectivity index (χ0) is 18.1. The highest BCUT2D eigenvalue weighted by molar-refractivity contribution is 7.18. The summed E-state index contributed by atoms with van der Waals surface area (Å²) < 4.78 is 6.43. The van der Waals surface area contributed by atoms with Gasteiger partial charge in [0.1, 0.15) is 12.1 Å². The zero-order valence-electron chi connectivity index (χ0n) is 15.3. The Kier molecular flexibility index (Phi) is 4.74. The summed E-state index contributed by atoms with van der Waals surface area (Å²) in [5, 5.41) is 2.16. The van der Waals surface area contributed by atoms with Crippen molar-refractivity contribution in [3.63, 3.8) is 0 Å². The summed E-state index contributed by atoms with van der Waals surface area (Å²) in [6.07, 6.45) is 1.69. The molecular formula is C19H23N5OS. The van der Waals surface area contributed by atoms with Gasteiger partial charge in [-0.15, -0.1) is 11.3 Å². The van der Waals surface area contributed by atoms with E-state index in [2.05, 4.69) is 50.0 Å². The average molecular weight is 369 g/mol. The molecule has 3 aromatic heterocycles. The average Bonchev–Trinajstić information content (AvgIpc) is 3.05. The molecule has 0 spiro atoms. The Morgan fingerprint density at radius 3 is 2.96 bits per heavy atom. The summed E-state index contributed by atoms with van der Waals surface area (Å²) in [4.78, 5) is 18.4. The number of methoxy groups -OCH3 is 1. The molecule has 0 saturated carbocycles. The quantitative estimate of drug-likeness (QED) is 0.704. The Hall–Kier alpha value is -2.25. The van der Waals surface area contributed by atoms with Gasteiger partial charge in [0.05, 0.1) is 23.0 Å². The molecule has 0 radical (unpaired) electrons. The van der Waals surface area contributed by atoms with E-state index < -0.39 is 0 Å². The monoisotopic (exact) mass is 369 g/mol. The van der Waals surface area contributed by atoms with E-state index in [1.165, 1.54) is 10.3 Å². The van der Waals surface area contributed by atoms with E-state index in [0.29, 0.717) is 11.9 Å². The van der Waals surface area contributed by atoms with Crippen molar-refractivity contribution in [2.24, 2.45) is 0 Å². The highest BCUT2D eigenvalue weighted by Crippen LogP contribution is 2.32. The van der Waals surface area contributed by atoms with E-state index >= 15 is 0 Å². The molecule has 0 N–H and O–H groups in total. The molecule has 26 heavy (non-hydrogen) atoms. The van der Waals surface area contributed by atoms with Gasteiger partial charge >= 0.3 is 0 Å². The maximum atomic E-state index is 5.24. The van der Waals surface area contributed by atoms with Crippen LogP contribution in [0.25, 0.3) is 10.2 Å². The summed E-state index contributed by atoms with van der Waals surface area (Å²) in [7, 11) is 1.66. The second-order valence-corrected chi connectivity index (χ2v) is 7.61. The van der Waals surface area contributed by atoms with Gasteiger partial charge in [0, 0.05) is 38.3 Å². The number of ether oxygens (including phenoxy) is 1. The number of nitrogens with zero attached hydrogens (tertiary/aromatic N) is 5. The Morgan fingerprint density at radius 1 is 1.27 bits per heavy atom. The third kappa shape index (κ3) is 3.24. The second-order valence-electron chi connectivity index (χ2n) is 6.73. The third-order valence-electron chi connectivity index (χ3n) is 4.93. The lowest BCUT2D eigenvalue weighted by Gasteiger charge is -2.40. The van der Waals surface area contributed by atoms with Crippen molar-refractivity contribution in [2.45, 2.75) is 26.4 Å². The van der Waals surface area contributed by atoms with Crippen molar-refractivity contribution in [1.29, 1.82) is 0 Å². The van der Waals surface area contributed by atoms with Crippen LogP contribution >= 0.6 is 11.3 Å². The molecule has 1 atom stereocenters.